The maximum absolute atomic E-state index is 13.5. The van der Waals surface area contributed by atoms with Crippen LogP contribution >= 0.6 is 11.6 Å². The Hall–Kier alpha value is -2.07. The van der Waals surface area contributed by atoms with Crippen LogP contribution in [0.15, 0.2) is 36.4 Å². The van der Waals surface area contributed by atoms with Gasteiger partial charge < -0.3 is 10.3 Å². The number of benzene rings is 2. The van der Waals surface area contributed by atoms with Crippen LogP contribution in [0.3, 0.4) is 0 Å². The molecule has 0 saturated heterocycles. The Bertz CT molecular complexity index is 811. The molecular weight excluding hydrogens is 289 g/mol. The second kappa shape index (κ2) is 5.37. The summed E-state index contributed by atoms with van der Waals surface area (Å²) in [7, 11) is 0. The summed E-state index contributed by atoms with van der Waals surface area (Å²) in [6.45, 7) is 2.85. The van der Waals surface area contributed by atoms with E-state index in [0.29, 0.717) is 17.7 Å². The Balaban J connectivity index is 2.10. The molecule has 0 aliphatic heterocycles. The van der Waals surface area contributed by atoms with Gasteiger partial charge >= 0.3 is 0 Å². The molecule has 0 fully saturated rings. The number of anilines is 1. The van der Waals surface area contributed by atoms with Gasteiger partial charge in [-0.2, -0.15) is 0 Å². The van der Waals surface area contributed by atoms with Crippen LogP contribution in [0.2, 0.25) is 5.02 Å². The number of nitrogen functional groups attached to an aromatic ring is 1. The van der Waals surface area contributed by atoms with Gasteiger partial charge in [-0.15, -0.1) is 0 Å². The SMILES string of the molecule is CCn1c(Cc2cc(F)cc(Cl)c2N)nc2ccccc21. The van der Waals surface area contributed by atoms with E-state index in [9.17, 15) is 4.39 Å². The Kier molecular flexibility index (Phi) is 3.55. The number of imidazole rings is 1. The van der Waals surface area contributed by atoms with Crippen molar-refractivity contribution >= 4 is 28.3 Å². The summed E-state index contributed by atoms with van der Waals surface area (Å²) in [6.07, 6.45) is 0.450. The number of aromatic nitrogens is 2. The predicted octanol–water partition coefficient (Wildman–Crippen LogP) is 4.02. The number of aryl methyl sites for hydroxylation is 1. The topological polar surface area (TPSA) is 43.8 Å². The lowest BCUT2D eigenvalue weighted by Gasteiger charge is -2.09. The van der Waals surface area contributed by atoms with Crippen molar-refractivity contribution in [1.29, 1.82) is 0 Å². The molecular formula is C16H15ClFN3. The van der Waals surface area contributed by atoms with E-state index in [0.717, 1.165) is 23.4 Å². The van der Waals surface area contributed by atoms with Crippen LogP contribution in [0.5, 0.6) is 0 Å². The number of hydrogen-bond donors (Lipinski definition) is 1. The summed E-state index contributed by atoms with van der Waals surface area (Å²) >= 11 is 5.95. The summed E-state index contributed by atoms with van der Waals surface area (Å²) < 4.78 is 15.6. The largest absolute Gasteiger partial charge is 0.397 e. The lowest BCUT2D eigenvalue weighted by molar-refractivity contribution is 0.625. The molecule has 0 unspecified atom stereocenters. The Morgan fingerprint density at radius 2 is 2.05 bits per heavy atom. The normalized spacial score (nSPS) is 11.2. The van der Waals surface area contributed by atoms with Gasteiger partial charge in [0.1, 0.15) is 11.6 Å². The number of rotatable bonds is 3. The lowest BCUT2D eigenvalue weighted by Crippen LogP contribution is -2.05. The number of para-hydroxylation sites is 2. The molecule has 3 rings (SSSR count). The minimum Gasteiger partial charge on any atom is -0.397 e. The van der Waals surface area contributed by atoms with Crippen LogP contribution in [-0.4, -0.2) is 9.55 Å². The van der Waals surface area contributed by atoms with E-state index in [2.05, 4.69) is 16.5 Å². The van der Waals surface area contributed by atoms with Crippen molar-refractivity contribution in [2.24, 2.45) is 0 Å². The molecule has 0 aliphatic rings. The van der Waals surface area contributed by atoms with Crippen molar-refractivity contribution in [3.8, 4) is 0 Å². The molecule has 0 amide bonds. The van der Waals surface area contributed by atoms with E-state index in [-0.39, 0.29) is 10.8 Å². The first kappa shape index (κ1) is 13.9. The van der Waals surface area contributed by atoms with Gasteiger partial charge in [-0.05, 0) is 36.8 Å². The van der Waals surface area contributed by atoms with Crippen LogP contribution in [0.25, 0.3) is 11.0 Å². The molecule has 0 radical (unpaired) electrons. The highest BCUT2D eigenvalue weighted by atomic mass is 35.5. The zero-order valence-electron chi connectivity index (χ0n) is 11.6. The van der Waals surface area contributed by atoms with Crippen molar-refractivity contribution in [2.75, 3.05) is 5.73 Å². The van der Waals surface area contributed by atoms with E-state index in [1.165, 1.54) is 12.1 Å². The van der Waals surface area contributed by atoms with Crippen LogP contribution < -0.4 is 5.73 Å². The minimum absolute atomic E-state index is 0.240. The number of nitrogens with zero attached hydrogens (tertiary/aromatic N) is 2. The molecule has 0 bridgehead atoms. The number of nitrogens with two attached hydrogens (primary N) is 1. The van der Waals surface area contributed by atoms with Gasteiger partial charge in [0.25, 0.3) is 0 Å². The summed E-state index contributed by atoms with van der Waals surface area (Å²) in [5.41, 5.74) is 9.01. The smallest absolute Gasteiger partial charge is 0.125 e. The van der Waals surface area contributed by atoms with Crippen LogP contribution in [0, 0.1) is 5.82 Å². The standard InChI is InChI=1S/C16H15ClFN3/c1-2-21-14-6-4-3-5-13(14)20-15(21)8-10-7-11(18)9-12(17)16(10)19/h3-7,9H,2,8,19H2,1H3. The average Bonchev–Trinajstić information content (AvgIpc) is 2.81. The molecule has 0 spiro atoms. The molecule has 1 aromatic heterocycles. The van der Waals surface area contributed by atoms with Gasteiger partial charge in [0.2, 0.25) is 0 Å². The maximum Gasteiger partial charge on any atom is 0.125 e. The quantitative estimate of drug-likeness (QED) is 0.743. The summed E-state index contributed by atoms with van der Waals surface area (Å²) in [5, 5.41) is 0.240. The Labute approximate surface area is 127 Å². The predicted molar refractivity (Wildman–Crippen MR) is 84.0 cm³/mol. The van der Waals surface area contributed by atoms with Gasteiger partial charge in [0.15, 0.2) is 0 Å². The molecule has 5 heteroatoms. The van der Waals surface area contributed by atoms with Crippen LogP contribution in [-0.2, 0) is 13.0 Å². The van der Waals surface area contributed by atoms with Gasteiger partial charge in [0, 0.05) is 13.0 Å². The van der Waals surface area contributed by atoms with E-state index in [4.69, 9.17) is 17.3 Å². The highest BCUT2D eigenvalue weighted by Gasteiger charge is 2.13. The van der Waals surface area contributed by atoms with E-state index in [1.807, 2.05) is 24.3 Å². The Morgan fingerprint density at radius 3 is 2.81 bits per heavy atom. The van der Waals surface area contributed by atoms with Crippen molar-refractivity contribution < 1.29 is 4.39 Å². The third-order valence-corrected chi connectivity index (χ3v) is 3.89. The van der Waals surface area contributed by atoms with Crippen molar-refractivity contribution in [3.05, 3.63) is 58.6 Å². The molecule has 3 aromatic rings. The Morgan fingerprint density at radius 1 is 1.29 bits per heavy atom. The molecule has 2 N–H and O–H groups in total. The highest BCUT2D eigenvalue weighted by Crippen LogP contribution is 2.27. The molecule has 21 heavy (non-hydrogen) atoms. The second-order valence-corrected chi connectivity index (χ2v) is 5.31. The summed E-state index contributed by atoms with van der Waals surface area (Å²) in [4.78, 5) is 4.62. The number of halogens is 2. The zero-order valence-corrected chi connectivity index (χ0v) is 12.4. The fraction of sp³-hybridized carbons (Fsp3) is 0.188. The first-order chi connectivity index (χ1) is 10.1. The highest BCUT2D eigenvalue weighted by molar-refractivity contribution is 6.33. The van der Waals surface area contributed by atoms with Crippen molar-refractivity contribution in [3.63, 3.8) is 0 Å². The molecule has 0 aliphatic carbocycles. The van der Waals surface area contributed by atoms with Gasteiger partial charge in [0.05, 0.1) is 21.7 Å². The average molecular weight is 304 g/mol. The molecule has 2 aromatic carbocycles. The zero-order chi connectivity index (χ0) is 15.0. The van der Waals surface area contributed by atoms with Gasteiger partial charge in [-0.3, -0.25) is 0 Å². The molecule has 3 nitrogen and oxygen atoms in total. The second-order valence-electron chi connectivity index (χ2n) is 4.90. The summed E-state index contributed by atoms with van der Waals surface area (Å²) in [5.74, 6) is 0.468. The first-order valence-corrected chi connectivity index (χ1v) is 7.15. The van der Waals surface area contributed by atoms with Crippen molar-refractivity contribution in [1.82, 2.24) is 9.55 Å². The summed E-state index contributed by atoms with van der Waals surface area (Å²) in [6, 6.07) is 10.6. The number of fused-ring (bicyclic) bond motifs is 1. The van der Waals surface area contributed by atoms with E-state index >= 15 is 0 Å². The third kappa shape index (κ3) is 2.47. The molecule has 0 saturated carbocycles. The monoisotopic (exact) mass is 303 g/mol. The molecule has 0 atom stereocenters. The lowest BCUT2D eigenvalue weighted by atomic mass is 10.1. The molecule has 108 valence electrons. The first-order valence-electron chi connectivity index (χ1n) is 6.77. The van der Waals surface area contributed by atoms with Gasteiger partial charge in [-0.25, -0.2) is 9.37 Å². The fourth-order valence-electron chi connectivity index (χ4n) is 2.57. The fourth-order valence-corrected chi connectivity index (χ4v) is 2.79. The molecule has 1 heterocycles. The third-order valence-electron chi connectivity index (χ3n) is 3.58. The van der Waals surface area contributed by atoms with Crippen LogP contribution in [0.1, 0.15) is 18.3 Å². The maximum atomic E-state index is 13.5. The van der Waals surface area contributed by atoms with Crippen molar-refractivity contribution in [2.45, 2.75) is 19.9 Å². The van der Waals surface area contributed by atoms with Crippen LogP contribution in [0.4, 0.5) is 10.1 Å². The number of hydrogen-bond acceptors (Lipinski definition) is 2. The van der Waals surface area contributed by atoms with E-state index < -0.39 is 0 Å². The minimum atomic E-state index is -0.386. The van der Waals surface area contributed by atoms with E-state index in [1.54, 1.807) is 0 Å². The van der Waals surface area contributed by atoms with Gasteiger partial charge in [-0.1, -0.05) is 23.7 Å².